The van der Waals surface area contributed by atoms with Crippen LogP contribution in [0.15, 0.2) is 54.6 Å². The summed E-state index contributed by atoms with van der Waals surface area (Å²) in [6.45, 7) is 8.21. The molecule has 1 spiro atoms. The van der Waals surface area contributed by atoms with E-state index in [1.54, 1.807) is 0 Å². The SMILES string of the molecule is CCC(=O)NC1c2ccccc2CCC12CN(Cc1ccccc1)CC2C(=O)NC(C)C. The van der Waals surface area contributed by atoms with Gasteiger partial charge in [-0.1, -0.05) is 61.5 Å². The zero-order chi connectivity index (χ0) is 22.7. The first-order valence-electron chi connectivity index (χ1n) is 11.9. The fourth-order valence-corrected chi connectivity index (χ4v) is 5.62. The van der Waals surface area contributed by atoms with Crippen LogP contribution in [-0.2, 0) is 22.6 Å². The molecule has 2 aromatic carbocycles. The summed E-state index contributed by atoms with van der Waals surface area (Å²) >= 11 is 0. The molecule has 5 heteroatoms. The molecule has 0 radical (unpaired) electrons. The maximum absolute atomic E-state index is 13.5. The number of carbonyl (C=O) groups is 2. The van der Waals surface area contributed by atoms with E-state index >= 15 is 0 Å². The molecule has 0 aromatic heterocycles. The molecule has 1 saturated heterocycles. The normalized spacial score (nSPS) is 25.0. The highest BCUT2D eigenvalue weighted by Crippen LogP contribution is 2.53. The van der Waals surface area contributed by atoms with E-state index in [0.717, 1.165) is 25.9 Å². The van der Waals surface area contributed by atoms with Crippen LogP contribution in [-0.4, -0.2) is 35.8 Å². The summed E-state index contributed by atoms with van der Waals surface area (Å²) in [5, 5.41) is 6.51. The third-order valence-electron chi connectivity index (χ3n) is 7.08. The van der Waals surface area contributed by atoms with Crippen LogP contribution < -0.4 is 10.6 Å². The lowest BCUT2D eigenvalue weighted by Crippen LogP contribution is -2.52. The third kappa shape index (κ3) is 4.44. The topological polar surface area (TPSA) is 61.4 Å². The van der Waals surface area contributed by atoms with Gasteiger partial charge in [-0.3, -0.25) is 14.5 Å². The molecule has 0 bridgehead atoms. The highest BCUT2D eigenvalue weighted by molar-refractivity contribution is 5.81. The zero-order valence-corrected chi connectivity index (χ0v) is 19.4. The van der Waals surface area contributed by atoms with Crippen LogP contribution in [0.5, 0.6) is 0 Å². The second-order valence-electron chi connectivity index (χ2n) is 9.66. The summed E-state index contributed by atoms with van der Waals surface area (Å²) in [4.78, 5) is 28.5. The summed E-state index contributed by atoms with van der Waals surface area (Å²) in [5.74, 6) is -0.0366. The minimum atomic E-state index is -0.326. The molecular weight excluding hydrogens is 398 g/mol. The molecule has 1 aliphatic carbocycles. The van der Waals surface area contributed by atoms with Crippen molar-refractivity contribution in [2.75, 3.05) is 13.1 Å². The number of rotatable bonds is 6. The molecule has 2 N–H and O–H groups in total. The molecule has 3 atom stereocenters. The summed E-state index contributed by atoms with van der Waals surface area (Å²) in [6, 6.07) is 18.8. The van der Waals surface area contributed by atoms with Crippen molar-refractivity contribution in [3.05, 3.63) is 71.3 Å². The van der Waals surface area contributed by atoms with E-state index in [4.69, 9.17) is 0 Å². The Balaban J connectivity index is 1.73. The first-order chi connectivity index (χ1) is 15.4. The van der Waals surface area contributed by atoms with Crippen molar-refractivity contribution < 1.29 is 9.59 Å². The Kier molecular flexibility index (Phi) is 6.66. The van der Waals surface area contributed by atoms with E-state index < -0.39 is 0 Å². The van der Waals surface area contributed by atoms with Crippen LogP contribution in [0.25, 0.3) is 0 Å². The van der Waals surface area contributed by atoms with Gasteiger partial charge in [-0.15, -0.1) is 0 Å². The number of benzene rings is 2. The van der Waals surface area contributed by atoms with Gasteiger partial charge < -0.3 is 10.6 Å². The highest BCUT2D eigenvalue weighted by atomic mass is 16.2. The number of amides is 2. The van der Waals surface area contributed by atoms with Crippen LogP contribution >= 0.6 is 0 Å². The van der Waals surface area contributed by atoms with Crippen molar-refractivity contribution in [1.82, 2.24) is 15.5 Å². The van der Waals surface area contributed by atoms with E-state index in [1.165, 1.54) is 16.7 Å². The Morgan fingerprint density at radius 3 is 2.53 bits per heavy atom. The Morgan fingerprint density at radius 2 is 1.81 bits per heavy atom. The third-order valence-corrected chi connectivity index (χ3v) is 7.08. The summed E-state index contributed by atoms with van der Waals surface area (Å²) in [6.07, 6.45) is 2.25. The Labute approximate surface area is 191 Å². The quantitative estimate of drug-likeness (QED) is 0.728. The molecule has 4 rings (SSSR count). The van der Waals surface area contributed by atoms with Crippen molar-refractivity contribution in [3.8, 4) is 0 Å². The predicted molar refractivity (Wildman–Crippen MR) is 127 cm³/mol. The van der Waals surface area contributed by atoms with Gasteiger partial charge in [-0.2, -0.15) is 0 Å². The molecule has 2 aromatic rings. The van der Waals surface area contributed by atoms with Gasteiger partial charge >= 0.3 is 0 Å². The van der Waals surface area contributed by atoms with Crippen molar-refractivity contribution >= 4 is 11.8 Å². The van der Waals surface area contributed by atoms with Gasteiger partial charge in [0, 0.05) is 37.5 Å². The van der Waals surface area contributed by atoms with Crippen molar-refractivity contribution in [2.24, 2.45) is 11.3 Å². The molecule has 1 heterocycles. The molecule has 32 heavy (non-hydrogen) atoms. The van der Waals surface area contributed by atoms with E-state index in [1.807, 2.05) is 32.9 Å². The van der Waals surface area contributed by atoms with Crippen LogP contribution in [0.2, 0.25) is 0 Å². The van der Waals surface area contributed by atoms with E-state index in [9.17, 15) is 9.59 Å². The lowest BCUT2D eigenvalue weighted by Gasteiger charge is -2.46. The number of aryl methyl sites for hydroxylation is 1. The second-order valence-corrected chi connectivity index (χ2v) is 9.66. The lowest BCUT2D eigenvalue weighted by atomic mass is 9.62. The summed E-state index contributed by atoms with van der Waals surface area (Å²) in [5.41, 5.74) is 3.37. The van der Waals surface area contributed by atoms with Crippen LogP contribution in [0.3, 0.4) is 0 Å². The van der Waals surface area contributed by atoms with Gasteiger partial charge in [-0.25, -0.2) is 0 Å². The number of hydrogen-bond acceptors (Lipinski definition) is 3. The largest absolute Gasteiger partial charge is 0.354 e. The highest BCUT2D eigenvalue weighted by Gasteiger charge is 2.56. The molecule has 2 amide bonds. The Bertz CT molecular complexity index is 958. The van der Waals surface area contributed by atoms with Gasteiger partial charge in [0.25, 0.3) is 0 Å². The maximum Gasteiger partial charge on any atom is 0.225 e. The van der Waals surface area contributed by atoms with Crippen LogP contribution in [0.1, 0.15) is 56.3 Å². The second kappa shape index (κ2) is 9.45. The molecule has 1 fully saturated rings. The van der Waals surface area contributed by atoms with E-state index in [2.05, 4.69) is 58.0 Å². The fourth-order valence-electron chi connectivity index (χ4n) is 5.62. The minimum absolute atomic E-state index is 0.0376. The van der Waals surface area contributed by atoms with E-state index in [0.29, 0.717) is 13.0 Å². The molecular formula is C27H35N3O2. The summed E-state index contributed by atoms with van der Waals surface area (Å²) in [7, 11) is 0. The molecule has 5 nitrogen and oxygen atoms in total. The molecule has 3 unspecified atom stereocenters. The fraction of sp³-hybridized carbons (Fsp3) is 0.481. The first-order valence-corrected chi connectivity index (χ1v) is 11.9. The smallest absolute Gasteiger partial charge is 0.225 e. The molecule has 1 aliphatic heterocycles. The number of carbonyl (C=O) groups excluding carboxylic acids is 2. The van der Waals surface area contributed by atoms with E-state index in [-0.39, 0.29) is 35.2 Å². The van der Waals surface area contributed by atoms with Crippen molar-refractivity contribution in [2.45, 2.75) is 58.7 Å². The molecule has 2 aliphatic rings. The first kappa shape index (κ1) is 22.5. The number of nitrogens with zero attached hydrogens (tertiary/aromatic N) is 1. The average molecular weight is 434 g/mol. The molecule has 170 valence electrons. The number of likely N-dealkylation sites (tertiary alicyclic amines) is 1. The van der Waals surface area contributed by atoms with Gasteiger partial charge in [0.15, 0.2) is 0 Å². The lowest BCUT2D eigenvalue weighted by molar-refractivity contribution is -0.131. The standard InChI is InChI=1S/C27H35N3O2/c1-4-24(31)29-25-22-13-9-8-12-21(22)14-15-27(25)18-30(16-20-10-6-5-7-11-20)17-23(27)26(32)28-19(2)3/h5-13,19,23,25H,4,14-18H2,1-3H3,(H,28,32)(H,29,31). The maximum atomic E-state index is 13.5. The van der Waals surface area contributed by atoms with Gasteiger partial charge in [0.1, 0.15) is 0 Å². The van der Waals surface area contributed by atoms with Crippen LogP contribution in [0.4, 0.5) is 0 Å². The van der Waals surface area contributed by atoms with Gasteiger partial charge in [0.2, 0.25) is 11.8 Å². The van der Waals surface area contributed by atoms with Crippen molar-refractivity contribution in [3.63, 3.8) is 0 Å². The number of fused-ring (bicyclic) bond motifs is 1. The Hall–Kier alpha value is -2.66. The average Bonchev–Trinajstić information content (AvgIpc) is 3.14. The predicted octanol–water partition coefficient (Wildman–Crippen LogP) is 3.84. The number of nitrogens with one attached hydrogen (secondary N) is 2. The zero-order valence-electron chi connectivity index (χ0n) is 19.4. The molecule has 0 saturated carbocycles. The minimum Gasteiger partial charge on any atom is -0.354 e. The monoisotopic (exact) mass is 433 g/mol. The Morgan fingerprint density at radius 1 is 1.09 bits per heavy atom. The van der Waals surface area contributed by atoms with Crippen molar-refractivity contribution in [1.29, 1.82) is 0 Å². The number of hydrogen-bond donors (Lipinski definition) is 2. The van der Waals surface area contributed by atoms with Crippen LogP contribution in [0, 0.1) is 11.3 Å². The van der Waals surface area contributed by atoms with Gasteiger partial charge in [-0.05, 0) is 43.4 Å². The van der Waals surface area contributed by atoms with Gasteiger partial charge in [0.05, 0.1) is 12.0 Å². The summed E-state index contributed by atoms with van der Waals surface area (Å²) < 4.78 is 0.